The number of quaternary nitrogens is 1. The number of benzene rings is 2. The van der Waals surface area contributed by atoms with Crippen molar-refractivity contribution in [2.75, 3.05) is 25.5 Å². The third kappa shape index (κ3) is 5.58. The van der Waals surface area contributed by atoms with Gasteiger partial charge in [-0.1, -0.05) is 23.7 Å². The zero-order valence-corrected chi connectivity index (χ0v) is 14.2. The van der Waals surface area contributed by atoms with Crippen molar-refractivity contribution >= 4 is 23.2 Å². The van der Waals surface area contributed by atoms with Crippen molar-refractivity contribution in [2.24, 2.45) is 0 Å². The highest BCUT2D eigenvalue weighted by molar-refractivity contribution is 6.30. The first-order chi connectivity index (χ1) is 11.1. The van der Waals surface area contributed by atoms with Crippen molar-refractivity contribution < 1.29 is 14.4 Å². The van der Waals surface area contributed by atoms with Crippen molar-refractivity contribution in [1.82, 2.24) is 0 Å². The van der Waals surface area contributed by atoms with E-state index in [0.717, 1.165) is 28.4 Å². The van der Waals surface area contributed by atoms with E-state index >= 15 is 0 Å². The van der Waals surface area contributed by atoms with Crippen LogP contribution in [-0.2, 0) is 11.3 Å². The van der Waals surface area contributed by atoms with E-state index in [1.54, 1.807) is 24.3 Å². The highest BCUT2D eigenvalue weighted by atomic mass is 35.5. The molecule has 2 aromatic carbocycles. The second-order valence-electron chi connectivity index (χ2n) is 5.41. The molecule has 0 spiro atoms. The highest BCUT2D eigenvalue weighted by Crippen LogP contribution is 2.16. The number of anilines is 1. The average molecular weight is 334 g/mol. The molecule has 5 heteroatoms. The van der Waals surface area contributed by atoms with Crippen LogP contribution < -0.4 is 15.0 Å². The zero-order chi connectivity index (χ0) is 16.7. The minimum atomic E-state index is -0.0290. The smallest absolute Gasteiger partial charge is 0.279 e. The molecule has 0 aliphatic heterocycles. The molecule has 0 fully saturated rings. The molecule has 122 valence electrons. The minimum absolute atomic E-state index is 0.0290. The molecule has 2 rings (SSSR count). The Labute approximate surface area is 142 Å². The Balaban J connectivity index is 1.90. The normalized spacial score (nSPS) is 11.8. The van der Waals surface area contributed by atoms with Crippen LogP contribution in [0.15, 0.2) is 48.5 Å². The number of nitrogens with one attached hydrogen (secondary N) is 2. The molecular weight excluding hydrogens is 312 g/mol. The number of hydrogen-bond donors (Lipinski definition) is 2. The Hall–Kier alpha value is -2.04. The molecular formula is C18H22ClN2O2+. The van der Waals surface area contributed by atoms with Gasteiger partial charge in [0.2, 0.25) is 0 Å². The number of hydrogen-bond acceptors (Lipinski definition) is 2. The Morgan fingerprint density at radius 1 is 1.17 bits per heavy atom. The van der Waals surface area contributed by atoms with Crippen LogP contribution in [0.25, 0.3) is 0 Å². The van der Waals surface area contributed by atoms with Crippen LogP contribution in [0.3, 0.4) is 0 Å². The molecule has 0 saturated heterocycles. The molecule has 0 radical (unpaired) electrons. The maximum absolute atomic E-state index is 12.1. The maximum atomic E-state index is 12.1. The number of amides is 1. The summed E-state index contributed by atoms with van der Waals surface area (Å²) in [6, 6.07) is 15.0. The van der Waals surface area contributed by atoms with Crippen molar-refractivity contribution in [3.63, 3.8) is 0 Å². The third-order valence-electron chi connectivity index (χ3n) is 3.35. The number of halogens is 1. The molecule has 4 nitrogen and oxygen atoms in total. The number of ether oxygens (including phenoxy) is 1. The molecule has 0 aliphatic rings. The van der Waals surface area contributed by atoms with Crippen molar-refractivity contribution in [3.8, 4) is 5.75 Å². The number of likely N-dealkylation sites (N-methyl/N-ethyl adjacent to an activating group) is 1. The fraction of sp³-hybridized carbons (Fsp3) is 0.278. The standard InChI is InChI=1S/C18H21ClN2O2/c1-3-23-17-7-5-4-6-14(17)12-21(2)13-18(22)20-16-10-8-15(19)9-11-16/h4-11H,3,12-13H2,1-2H3,(H,20,22)/p+1. The summed E-state index contributed by atoms with van der Waals surface area (Å²) in [7, 11) is 1.99. The van der Waals surface area contributed by atoms with Crippen LogP contribution >= 0.6 is 11.6 Å². The third-order valence-corrected chi connectivity index (χ3v) is 3.61. The Morgan fingerprint density at radius 2 is 1.87 bits per heavy atom. The summed E-state index contributed by atoms with van der Waals surface area (Å²) in [4.78, 5) is 13.2. The number of carbonyl (C=O) groups is 1. The van der Waals surface area contributed by atoms with Gasteiger partial charge in [0.05, 0.1) is 13.7 Å². The Morgan fingerprint density at radius 3 is 2.57 bits per heavy atom. The Kier molecular flexibility index (Phi) is 6.44. The van der Waals surface area contributed by atoms with Gasteiger partial charge in [-0.25, -0.2) is 0 Å². The first-order valence-corrected chi connectivity index (χ1v) is 8.03. The molecule has 0 aromatic heterocycles. The van der Waals surface area contributed by atoms with Gasteiger partial charge in [-0.3, -0.25) is 4.79 Å². The van der Waals surface area contributed by atoms with Crippen LogP contribution in [0.5, 0.6) is 5.75 Å². The summed E-state index contributed by atoms with van der Waals surface area (Å²) < 4.78 is 5.62. The molecule has 0 aliphatic carbocycles. The molecule has 1 atom stereocenters. The van der Waals surface area contributed by atoms with Gasteiger partial charge in [-0.05, 0) is 43.3 Å². The molecule has 1 amide bonds. The van der Waals surface area contributed by atoms with Gasteiger partial charge < -0.3 is 15.0 Å². The number of carbonyl (C=O) groups excluding carboxylic acids is 1. The van der Waals surface area contributed by atoms with Crippen molar-refractivity contribution in [2.45, 2.75) is 13.5 Å². The molecule has 0 heterocycles. The van der Waals surface area contributed by atoms with Gasteiger partial charge in [-0.2, -0.15) is 0 Å². The summed E-state index contributed by atoms with van der Waals surface area (Å²) in [5, 5.41) is 3.53. The van der Waals surface area contributed by atoms with E-state index in [9.17, 15) is 4.79 Å². The molecule has 2 N–H and O–H groups in total. The summed E-state index contributed by atoms with van der Waals surface area (Å²) in [6.07, 6.45) is 0. The predicted octanol–water partition coefficient (Wildman–Crippen LogP) is 2.39. The van der Waals surface area contributed by atoms with Crippen molar-refractivity contribution in [1.29, 1.82) is 0 Å². The largest absolute Gasteiger partial charge is 0.493 e. The van der Waals surface area contributed by atoms with Gasteiger partial charge in [0.1, 0.15) is 12.3 Å². The summed E-state index contributed by atoms with van der Waals surface area (Å²) in [5.41, 5.74) is 1.85. The SMILES string of the molecule is CCOc1ccccc1C[NH+](C)CC(=O)Nc1ccc(Cl)cc1. The van der Waals surface area contributed by atoms with E-state index in [2.05, 4.69) is 5.32 Å². The maximum Gasteiger partial charge on any atom is 0.279 e. The van der Waals surface area contributed by atoms with E-state index in [1.807, 2.05) is 38.2 Å². The first-order valence-electron chi connectivity index (χ1n) is 7.66. The topological polar surface area (TPSA) is 42.8 Å². The molecule has 0 saturated carbocycles. The van der Waals surface area contributed by atoms with Crippen LogP contribution in [-0.4, -0.2) is 26.1 Å². The lowest BCUT2D eigenvalue weighted by Gasteiger charge is -2.16. The second-order valence-corrected chi connectivity index (χ2v) is 5.84. The van der Waals surface area contributed by atoms with E-state index in [1.165, 1.54) is 0 Å². The summed E-state index contributed by atoms with van der Waals surface area (Å²) >= 11 is 5.83. The van der Waals surface area contributed by atoms with Crippen LogP contribution in [0.4, 0.5) is 5.69 Å². The van der Waals surface area contributed by atoms with Gasteiger partial charge in [0.15, 0.2) is 6.54 Å². The van der Waals surface area contributed by atoms with Crippen LogP contribution in [0, 0.1) is 0 Å². The van der Waals surface area contributed by atoms with E-state index in [0.29, 0.717) is 18.2 Å². The fourth-order valence-electron chi connectivity index (χ4n) is 2.35. The van der Waals surface area contributed by atoms with E-state index in [4.69, 9.17) is 16.3 Å². The van der Waals surface area contributed by atoms with E-state index in [-0.39, 0.29) is 5.91 Å². The summed E-state index contributed by atoms with van der Waals surface area (Å²) in [6.45, 7) is 3.70. The fourth-order valence-corrected chi connectivity index (χ4v) is 2.47. The van der Waals surface area contributed by atoms with Crippen molar-refractivity contribution in [3.05, 3.63) is 59.1 Å². The minimum Gasteiger partial charge on any atom is -0.493 e. The quantitative estimate of drug-likeness (QED) is 0.817. The van der Waals surface area contributed by atoms with E-state index < -0.39 is 0 Å². The highest BCUT2D eigenvalue weighted by Gasteiger charge is 2.13. The molecule has 0 bridgehead atoms. The predicted molar refractivity (Wildman–Crippen MR) is 93.2 cm³/mol. The average Bonchev–Trinajstić information content (AvgIpc) is 2.51. The summed E-state index contributed by atoms with van der Waals surface area (Å²) in [5.74, 6) is 0.853. The lowest BCUT2D eigenvalue weighted by Crippen LogP contribution is -3.08. The first kappa shape index (κ1) is 17.3. The van der Waals surface area contributed by atoms with Gasteiger partial charge in [-0.15, -0.1) is 0 Å². The lowest BCUT2D eigenvalue weighted by atomic mass is 10.2. The zero-order valence-electron chi connectivity index (χ0n) is 13.4. The number of para-hydroxylation sites is 1. The molecule has 1 unspecified atom stereocenters. The van der Waals surface area contributed by atoms with Gasteiger partial charge in [0.25, 0.3) is 5.91 Å². The van der Waals surface area contributed by atoms with Gasteiger partial charge >= 0.3 is 0 Å². The number of rotatable bonds is 7. The second kappa shape index (κ2) is 8.56. The molecule has 23 heavy (non-hydrogen) atoms. The Bertz CT molecular complexity index is 644. The molecule has 2 aromatic rings. The lowest BCUT2D eigenvalue weighted by molar-refractivity contribution is -0.885. The van der Waals surface area contributed by atoms with Crippen LogP contribution in [0.1, 0.15) is 12.5 Å². The van der Waals surface area contributed by atoms with Crippen LogP contribution in [0.2, 0.25) is 5.02 Å². The van der Waals surface area contributed by atoms with Gasteiger partial charge in [0, 0.05) is 16.3 Å². The monoisotopic (exact) mass is 333 g/mol.